The van der Waals surface area contributed by atoms with Crippen molar-refractivity contribution in [2.45, 2.75) is 33.7 Å². The third kappa shape index (κ3) is 6.08. The number of halogens is 1. The molecule has 0 unspecified atom stereocenters. The molecule has 3 heteroatoms. The number of ether oxygens (including phenoxy) is 1. The van der Waals surface area contributed by atoms with Crippen molar-refractivity contribution in [2.24, 2.45) is 5.41 Å². The molecule has 0 spiro atoms. The first kappa shape index (κ1) is 14.5. The molecule has 0 aliphatic rings. The highest BCUT2D eigenvalue weighted by atomic mass is 79.9. The minimum Gasteiger partial charge on any atom is -0.493 e. The third-order valence-corrected chi connectivity index (χ3v) is 2.91. The maximum Gasteiger partial charge on any atom is 0.120 e. The molecule has 0 aliphatic heterocycles. The van der Waals surface area contributed by atoms with Crippen LogP contribution in [0.1, 0.15) is 27.7 Å². The maximum atomic E-state index is 5.81. The van der Waals surface area contributed by atoms with Crippen LogP contribution in [0.2, 0.25) is 0 Å². The lowest BCUT2D eigenvalue weighted by atomic mass is 9.94. The molecule has 0 saturated heterocycles. The molecule has 1 rings (SSSR count). The van der Waals surface area contributed by atoms with Gasteiger partial charge in [-0.25, -0.2) is 0 Å². The Morgan fingerprint density at radius 2 is 2.06 bits per heavy atom. The van der Waals surface area contributed by atoms with Crippen molar-refractivity contribution < 1.29 is 4.74 Å². The van der Waals surface area contributed by atoms with E-state index in [1.165, 1.54) is 0 Å². The number of benzene rings is 1. The van der Waals surface area contributed by atoms with E-state index < -0.39 is 0 Å². The normalized spacial score (nSPS) is 11.9. The second-order valence-electron chi connectivity index (χ2n) is 5.45. The van der Waals surface area contributed by atoms with Gasteiger partial charge in [0.1, 0.15) is 5.75 Å². The highest BCUT2D eigenvalue weighted by molar-refractivity contribution is 9.10. The summed E-state index contributed by atoms with van der Waals surface area (Å²) >= 11 is 3.44. The summed E-state index contributed by atoms with van der Waals surface area (Å²) in [6.45, 7) is 10.4. The molecule has 2 nitrogen and oxygen atoms in total. The Morgan fingerprint density at radius 3 is 2.65 bits per heavy atom. The third-order valence-electron chi connectivity index (χ3n) is 2.41. The smallest absolute Gasteiger partial charge is 0.120 e. The molecule has 1 aromatic rings. The molecule has 0 radical (unpaired) electrons. The maximum absolute atomic E-state index is 5.81. The van der Waals surface area contributed by atoms with Gasteiger partial charge in [-0.1, -0.05) is 49.7 Å². The van der Waals surface area contributed by atoms with Gasteiger partial charge in [-0.05, 0) is 18.2 Å². The van der Waals surface area contributed by atoms with Gasteiger partial charge in [0.05, 0.1) is 6.61 Å². The molecule has 0 heterocycles. The zero-order valence-electron chi connectivity index (χ0n) is 11.1. The van der Waals surface area contributed by atoms with E-state index in [-0.39, 0.29) is 5.41 Å². The second-order valence-corrected chi connectivity index (χ2v) is 6.36. The Kier molecular flexibility index (Phi) is 5.47. The summed E-state index contributed by atoms with van der Waals surface area (Å²) in [5.74, 6) is 0.914. The van der Waals surface area contributed by atoms with E-state index in [4.69, 9.17) is 4.74 Å². The van der Waals surface area contributed by atoms with Crippen LogP contribution in [0.15, 0.2) is 28.7 Å². The molecule has 0 amide bonds. The van der Waals surface area contributed by atoms with Crippen LogP contribution in [0, 0.1) is 5.41 Å². The van der Waals surface area contributed by atoms with Crippen molar-refractivity contribution >= 4 is 15.9 Å². The van der Waals surface area contributed by atoms with Crippen LogP contribution in [0.25, 0.3) is 0 Å². The zero-order chi connectivity index (χ0) is 12.9. The van der Waals surface area contributed by atoms with Gasteiger partial charge >= 0.3 is 0 Å². The first-order valence-corrected chi connectivity index (χ1v) is 6.80. The van der Waals surface area contributed by atoms with E-state index in [0.717, 1.165) is 16.8 Å². The van der Waals surface area contributed by atoms with Crippen LogP contribution in [-0.2, 0) is 0 Å². The molecule has 0 aliphatic carbocycles. The molecule has 0 atom stereocenters. The molecule has 0 saturated carbocycles. The van der Waals surface area contributed by atoms with Crippen LogP contribution >= 0.6 is 15.9 Å². The van der Waals surface area contributed by atoms with Crippen LogP contribution in [0.4, 0.5) is 0 Å². The van der Waals surface area contributed by atoms with Crippen molar-refractivity contribution in [1.82, 2.24) is 5.32 Å². The fraction of sp³-hybridized carbons (Fsp3) is 0.571. The highest BCUT2D eigenvalue weighted by Gasteiger charge is 2.19. The predicted octanol–water partition coefficient (Wildman–Crippen LogP) is 3.85. The number of rotatable bonds is 6. The van der Waals surface area contributed by atoms with Gasteiger partial charge in [-0.2, -0.15) is 0 Å². The molecule has 1 aromatic carbocycles. The molecule has 1 N–H and O–H groups in total. The van der Waals surface area contributed by atoms with E-state index in [9.17, 15) is 0 Å². The van der Waals surface area contributed by atoms with Crippen LogP contribution in [0.3, 0.4) is 0 Å². The first-order valence-electron chi connectivity index (χ1n) is 6.01. The van der Waals surface area contributed by atoms with Crippen molar-refractivity contribution in [3.05, 3.63) is 28.7 Å². The van der Waals surface area contributed by atoms with E-state index in [0.29, 0.717) is 12.6 Å². The summed E-state index contributed by atoms with van der Waals surface area (Å²) in [4.78, 5) is 0. The van der Waals surface area contributed by atoms with Crippen LogP contribution in [0.5, 0.6) is 5.75 Å². The standard InChI is InChI=1S/C14H22BrNO/c1-11(2)16-9-14(3,4)10-17-13-7-5-6-12(15)8-13/h5-8,11,16H,9-10H2,1-4H3. The van der Waals surface area contributed by atoms with Gasteiger partial charge in [0.25, 0.3) is 0 Å². The molecule has 17 heavy (non-hydrogen) atoms. The second kappa shape index (κ2) is 6.41. The van der Waals surface area contributed by atoms with Gasteiger partial charge in [0.2, 0.25) is 0 Å². The van der Waals surface area contributed by atoms with E-state index in [2.05, 4.69) is 48.9 Å². The average Bonchev–Trinajstić information content (AvgIpc) is 2.24. The topological polar surface area (TPSA) is 21.3 Å². The molecule has 0 bridgehead atoms. The van der Waals surface area contributed by atoms with Crippen molar-refractivity contribution in [3.8, 4) is 5.75 Å². The fourth-order valence-electron chi connectivity index (χ4n) is 1.37. The van der Waals surface area contributed by atoms with Crippen LogP contribution < -0.4 is 10.1 Å². The van der Waals surface area contributed by atoms with Crippen molar-refractivity contribution in [3.63, 3.8) is 0 Å². The lowest BCUT2D eigenvalue weighted by Crippen LogP contribution is -2.37. The largest absolute Gasteiger partial charge is 0.493 e. The van der Waals surface area contributed by atoms with Gasteiger partial charge in [-0.15, -0.1) is 0 Å². The molecular formula is C14H22BrNO. The summed E-state index contributed by atoms with van der Waals surface area (Å²) in [5, 5.41) is 3.44. The van der Waals surface area contributed by atoms with Gasteiger partial charge in [0.15, 0.2) is 0 Å². The monoisotopic (exact) mass is 299 g/mol. The van der Waals surface area contributed by atoms with Crippen molar-refractivity contribution in [2.75, 3.05) is 13.2 Å². The summed E-state index contributed by atoms with van der Waals surface area (Å²) in [6.07, 6.45) is 0. The number of hydrogen-bond donors (Lipinski definition) is 1. The first-order chi connectivity index (χ1) is 7.89. The molecular weight excluding hydrogens is 278 g/mol. The Hall–Kier alpha value is -0.540. The highest BCUT2D eigenvalue weighted by Crippen LogP contribution is 2.21. The predicted molar refractivity (Wildman–Crippen MR) is 76.6 cm³/mol. The van der Waals surface area contributed by atoms with Gasteiger partial charge in [-0.3, -0.25) is 0 Å². The Bertz CT molecular complexity index is 350. The van der Waals surface area contributed by atoms with Gasteiger partial charge < -0.3 is 10.1 Å². The summed E-state index contributed by atoms with van der Waals surface area (Å²) in [6, 6.07) is 8.47. The fourth-order valence-corrected chi connectivity index (χ4v) is 1.75. The summed E-state index contributed by atoms with van der Waals surface area (Å²) in [7, 11) is 0. The summed E-state index contributed by atoms with van der Waals surface area (Å²) in [5.41, 5.74) is 0.132. The van der Waals surface area contributed by atoms with E-state index in [1.54, 1.807) is 0 Å². The minimum absolute atomic E-state index is 0.132. The quantitative estimate of drug-likeness (QED) is 0.861. The Balaban J connectivity index is 2.43. The van der Waals surface area contributed by atoms with Crippen LogP contribution in [-0.4, -0.2) is 19.2 Å². The SMILES string of the molecule is CC(C)NCC(C)(C)COc1cccc(Br)c1. The molecule has 0 aromatic heterocycles. The van der Waals surface area contributed by atoms with E-state index >= 15 is 0 Å². The molecule has 0 fully saturated rings. The molecule has 96 valence electrons. The number of hydrogen-bond acceptors (Lipinski definition) is 2. The van der Waals surface area contributed by atoms with E-state index in [1.807, 2.05) is 24.3 Å². The minimum atomic E-state index is 0.132. The zero-order valence-corrected chi connectivity index (χ0v) is 12.7. The summed E-state index contributed by atoms with van der Waals surface area (Å²) < 4.78 is 6.86. The Morgan fingerprint density at radius 1 is 1.35 bits per heavy atom. The average molecular weight is 300 g/mol. The van der Waals surface area contributed by atoms with Gasteiger partial charge in [0, 0.05) is 22.5 Å². The lowest BCUT2D eigenvalue weighted by Gasteiger charge is -2.26. The Labute approximate surface area is 113 Å². The van der Waals surface area contributed by atoms with Crippen molar-refractivity contribution in [1.29, 1.82) is 0 Å². The number of nitrogens with one attached hydrogen (secondary N) is 1. The lowest BCUT2D eigenvalue weighted by molar-refractivity contribution is 0.173.